The van der Waals surface area contributed by atoms with Crippen molar-refractivity contribution in [2.75, 3.05) is 0 Å². The fourth-order valence-corrected chi connectivity index (χ4v) is 3.32. The molecule has 0 amide bonds. The Balaban J connectivity index is 1.59. The van der Waals surface area contributed by atoms with Gasteiger partial charge in [0.15, 0.2) is 5.82 Å². The van der Waals surface area contributed by atoms with Gasteiger partial charge in [-0.15, -0.1) is 10.2 Å². The molecule has 1 aromatic carbocycles. The molecule has 0 bridgehead atoms. The van der Waals surface area contributed by atoms with E-state index in [4.69, 9.17) is 10.1 Å². The van der Waals surface area contributed by atoms with Crippen LogP contribution in [-0.4, -0.2) is 40.4 Å². The van der Waals surface area contributed by atoms with E-state index in [9.17, 15) is 0 Å². The van der Waals surface area contributed by atoms with Crippen LogP contribution in [0.25, 0.3) is 22.6 Å². The summed E-state index contributed by atoms with van der Waals surface area (Å²) >= 11 is 0. The van der Waals surface area contributed by atoms with E-state index in [-0.39, 0.29) is 0 Å². The summed E-state index contributed by atoms with van der Waals surface area (Å²) in [6, 6.07) is 12.2. The number of hydrogen-bond acceptors (Lipinski definition) is 6. The van der Waals surface area contributed by atoms with Crippen molar-refractivity contribution in [3.8, 4) is 22.6 Å². The van der Waals surface area contributed by atoms with Crippen LogP contribution in [0.5, 0.6) is 0 Å². The van der Waals surface area contributed by atoms with Gasteiger partial charge in [0.1, 0.15) is 5.82 Å². The number of aromatic nitrogens is 8. The Morgan fingerprint density at radius 1 is 1.10 bits per heavy atom. The molecule has 0 unspecified atom stereocenters. The van der Waals surface area contributed by atoms with Gasteiger partial charge in [-0.1, -0.05) is 51.5 Å². The number of aryl methyl sites for hydroxylation is 1. The number of rotatable bonds is 8. The van der Waals surface area contributed by atoms with Crippen LogP contribution in [0, 0.1) is 0 Å². The minimum absolute atomic E-state index is 0.321. The van der Waals surface area contributed by atoms with Gasteiger partial charge in [0.2, 0.25) is 5.82 Å². The molecule has 154 valence electrons. The van der Waals surface area contributed by atoms with Gasteiger partial charge in [0.05, 0.1) is 12.2 Å². The molecule has 4 rings (SSSR count). The van der Waals surface area contributed by atoms with Crippen molar-refractivity contribution in [3.63, 3.8) is 0 Å². The Hall–Kier alpha value is -3.42. The van der Waals surface area contributed by atoms with Gasteiger partial charge >= 0.3 is 0 Å². The summed E-state index contributed by atoms with van der Waals surface area (Å²) in [5, 5.41) is 19.1. The second kappa shape index (κ2) is 8.94. The van der Waals surface area contributed by atoms with E-state index in [0.717, 1.165) is 47.7 Å². The Bertz CT molecular complexity index is 1080. The van der Waals surface area contributed by atoms with Gasteiger partial charge in [-0.05, 0) is 29.3 Å². The maximum Gasteiger partial charge on any atom is 0.206 e. The van der Waals surface area contributed by atoms with Crippen LogP contribution in [0.3, 0.4) is 0 Å². The summed E-state index contributed by atoms with van der Waals surface area (Å²) < 4.78 is 2.05. The highest BCUT2D eigenvalue weighted by Gasteiger charge is 2.14. The normalized spacial score (nSPS) is 11.3. The van der Waals surface area contributed by atoms with Crippen molar-refractivity contribution in [2.45, 2.75) is 52.5 Å². The molecule has 3 heterocycles. The van der Waals surface area contributed by atoms with Crippen LogP contribution in [0.15, 0.2) is 42.6 Å². The summed E-state index contributed by atoms with van der Waals surface area (Å²) in [7, 11) is 0. The van der Waals surface area contributed by atoms with Crippen molar-refractivity contribution >= 4 is 0 Å². The lowest BCUT2D eigenvalue weighted by Crippen LogP contribution is -2.07. The van der Waals surface area contributed by atoms with Crippen molar-refractivity contribution in [1.82, 2.24) is 40.4 Å². The summed E-state index contributed by atoms with van der Waals surface area (Å²) in [4.78, 5) is 9.31. The summed E-state index contributed by atoms with van der Waals surface area (Å²) in [5.41, 5.74) is 3.86. The zero-order valence-corrected chi connectivity index (χ0v) is 17.6. The summed E-state index contributed by atoms with van der Waals surface area (Å²) in [5.74, 6) is 2.83. The fourth-order valence-electron chi connectivity index (χ4n) is 3.32. The average molecular weight is 403 g/mol. The molecule has 8 heteroatoms. The zero-order valence-electron chi connectivity index (χ0n) is 17.6. The van der Waals surface area contributed by atoms with Gasteiger partial charge in [-0.3, -0.25) is 4.98 Å². The van der Waals surface area contributed by atoms with Crippen LogP contribution >= 0.6 is 0 Å². The molecule has 0 saturated carbocycles. The standard InChI is InChI=1S/C22H26N8/c1-4-5-8-19-24-21(15(2)3)27-30(19)14-16-9-11-17(12-10-16)20-18(7-6-13-23-20)22-25-28-29-26-22/h6-7,9-13,15H,4-5,8,14H2,1-3H3,(H,25,26,28,29). The molecule has 0 aliphatic carbocycles. The molecule has 0 fully saturated rings. The van der Waals surface area contributed by atoms with E-state index in [1.807, 2.05) is 16.8 Å². The molecule has 8 nitrogen and oxygen atoms in total. The molecule has 0 saturated heterocycles. The Kier molecular flexibility index (Phi) is 5.92. The maximum absolute atomic E-state index is 4.77. The van der Waals surface area contributed by atoms with Gasteiger partial charge < -0.3 is 0 Å². The molecule has 30 heavy (non-hydrogen) atoms. The number of aromatic amines is 1. The minimum atomic E-state index is 0.321. The third kappa shape index (κ3) is 4.27. The van der Waals surface area contributed by atoms with Crippen LogP contribution in [0.1, 0.15) is 56.7 Å². The number of pyridine rings is 1. The molecule has 0 aliphatic rings. The van der Waals surface area contributed by atoms with Crippen molar-refractivity contribution in [2.24, 2.45) is 0 Å². The van der Waals surface area contributed by atoms with Crippen molar-refractivity contribution < 1.29 is 0 Å². The lowest BCUT2D eigenvalue weighted by atomic mass is 10.0. The van der Waals surface area contributed by atoms with Crippen molar-refractivity contribution in [1.29, 1.82) is 0 Å². The predicted octanol–water partition coefficient (Wildman–Crippen LogP) is 4.03. The Morgan fingerprint density at radius 3 is 2.63 bits per heavy atom. The smallest absolute Gasteiger partial charge is 0.206 e. The number of benzene rings is 1. The highest BCUT2D eigenvalue weighted by Crippen LogP contribution is 2.27. The predicted molar refractivity (Wildman–Crippen MR) is 115 cm³/mol. The first-order valence-corrected chi connectivity index (χ1v) is 10.4. The van der Waals surface area contributed by atoms with Crippen LogP contribution in [0.2, 0.25) is 0 Å². The maximum atomic E-state index is 4.77. The first-order chi connectivity index (χ1) is 14.7. The van der Waals surface area contributed by atoms with E-state index >= 15 is 0 Å². The number of tetrazole rings is 1. The van der Waals surface area contributed by atoms with E-state index < -0.39 is 0 Å². The molecule has 0 atom stereocenters. The second-order valence-corrected chi connectivity index (χ2v) is 7.63. The topological polar surface area (TPSA) is 98.1 Å². The van der Waals surface area contributed by atoms with Gasteiger partial charge in [0, 0.05) is 29.7 Å². The summed E-state index contributed by atoms with van der Waals surface area (Å²) in [6.45, 7) is 7.17. The first kappa shape index (κ1) is 19.9. The molecule has 4 aromatic rings. The first-order valence-electron chi connectivity index (χ1n) is 10.4. The van der Waals surface area contributed by atoms with Crippen LogP contribution < -0.4 is 0 Å². The third-order valence-corrected chi connectivity index (χ3v) is 4.99. The molecular weight excluding hydrogens is 376 g/mol. The second-order valence-electron chi connectivity index (χ2n) is 7.63. The Morgan fingerprint density at radius 2 is 1.93 bits per heavy atom. The van der Waals surface area contributed by atoms with Gasteiger partial charge in [-0.2, -0.15) is 10.3 Å². The minimum Gasteiger partial charge on any atom is -0.255 e. The number of H-pyrrole nitrogens is 1. The van der Waals surface area contributed by atoms with Crippen LogP contribution in [-0.2, 0) is 13.0 Å². The molecule has 0 aliphatic heterocycles. The number of nitrogens with one attached hydrogen (secondary N) is 1. The monoisotopic (exact) mass is 402 g/mol. The molecule has 0 spiro atoms. The average Bonchev–Trinajstić information content (AvgIpc) is 3.43. The number of unbranched alkanes of at least 4 members (excludes halogenated alkanes) is 1. The molecular formula is C22H26N8. The highest BCUT2D eigenvalue weighted by molar-refractivity contribution is 5.76. The lowest BCUT2D eigenvalue weighted by Gasteiger charge is -2.08. The molecule has 3 aromatic heterocycles. The zero-order chi connectivity index (χ0) is 20.9. The lowest BCUT2D eigenvalue weighted by molar-refractivity contribution is 0.610. The Labute approximate surface area is 175 Å². The van der Waals surface area contributed by atoms with Gasteiger partial charge in [-0.25, -0.2) is 9.67 Å². The van der Waals surface area contributed by atoms with E-state index in [1.165, 1.54) is 5.56 Å². The SMILES string of the molecule is CCCCc1nc(C(C)C)nn1Cc1ccc(-c2ncccc2-c2nn[nH]n2)cc1. The summed E-state index contributed by atoms with van der Waals surface area (Å²) in [6.07, 6.45) is 4.99. The van der Waals surface area contributed by atoms with Crippen LogP contribution in [0.4, 0.5) is 0 Å². The van der Waals surface area contributed by atoms with Crippen molar-refractivity contribution in [3.05, 3.63) is 59.8 Å². The molecule has 1 N–H and O–H groups in total. The van der Waals surface area contributed by atoms with E-state index in [0.29, 0.717) is 18.3 Å². The van der Waals surface area contributed by atoms with E-state index in [2.05, 4.69) is 70.6 Å². The third-order valence-electron chi connectivity index (χ3n) is 4.99. The van der Waals surface area contributed by atoms with E-state index in [1.54, 1.807) is 6.20 Å². The van der Waals surface area contributed by atoms with Gasteiger partial charge in [0.25, 0.3) is 0 Å². The largest absolute Gasteiger partial charge is 0.255 e. The molecule has 0 radical (unpaired) electrons. The number of hydrogen-bond donors (Lipinski definition) is 1. The fraction of sp³-hybridized carbons (Fsp3) is 0.364. The number of nitrogens with zero attached hydrogens (tertiary/aromatic N) is 7. The quantitative estimate of drug-likeness (QED) is 0.478. The highest BCUT2D eigenvalue weighted by atomic mass is 15.5.